The quantitative estimate of drug-likeness (QED) is 0.359. The first-order chi connectivity index (χ1) is 16.5. The normalized spacial score (nSPS) is 14.6. The molecule has 0 atom stereocenters. The number of morpholine rings is 1. The zero-order chi connectivity index (χ0) is 24.0. The van der Waals surface area contributed by atoms with Crippen LogP contribution >= 0.6 is 0 Å². The van der Waals surface area contributed by atoms with E-state index in [2.05, 4.69) is 20.3 Å². The third-order valence-electron chi connectivity index (χ3n) is 5.25. The number of sulfonamides is 1. The van der Waals surface area contributed by atoms with Crippen LogP contribution in [0.2, 0.25) is 0 Å². The molecule has 1 N–H and O–H groups in total. The van der Waals surface area contributed by atoms with Crippen molar-refractivity contribution >= 4 is 21.6 Å². The number of aromatic nitrogens is 3. The second kappa shape index (κ2) is 10.8. The number of anilines is 1. The van der Waals surface area contributed by atoms with Crippen LogP contribution in [-0.4, -0.2) is 80.0 Å². The maximum absolute atomic E-state index is 13.2. The van der Waals surface area contributed by atoms with E-state index in [0.29, 0.717) is 62.1 Å². The maximum atomic E-state index is 13.2. The summed E-state index contributed by atoms with van der Waals surface area (Å²) in [7, 11) is -2.10. The summed E-state index contributed by atoms with van der Waals surface area (Å²) >= 11 is 0. The van der Waals surface area contributed by atoms with E-state index < -0.39 is 10.0 Å². The lowest BCUT2D eigenvalue weighted by Gasteiger charge is -2.26. The zero-order valence-electron chi connectivity index (χ0n) is 18.7. The van der Waals surface area contributed by atoms with E-state index in [9.17, 15) is 13.2 Å². The van der Waals surface area contributed by atoms with Gasteiger partial charge in [-0.3, -0.25) is 9.78 Å². The van der Waals surface area contributed by atoms with Crippen LogP contribution in [0.5, 0.6) is 0 Å². The number of nitrogens with zero attached hydrogens (tertiary/aromatic N) is 4. The second-order valence-corrected chi connectivity index (χ2v) is 9.43. The van der Waals surface area contributed by atoms with Crippen molar-refractivity contribution in [2.75, 3.05) is 51.9 Å². The Morgan fingerprint density at radius 2 is 2.00 bits per heavy atom. The molecule has 0 aliphatic carbocycles. The summed E-state index contributed by atoms with van der Waals surface area (Å²) in [5, 5.41) is 3.07. The largest absolute Gasteiger partial charge is 0.383 e. The molecule has 1 aromatic carbocycles. The number of pyridine rings is 1. The smallest absolute Gasteiger partial charge is 0.243 e. The predicted octanol–water partition coefficient (Wildman–Crippen LogP) is 1.85. The van der Waals surface area contributed by atoms with Crippen LogP contribution in [0.4, 0.5) is 5.82 Å². The van der Waals surface area contributed by atoms with Gasteiger partial charge in [0, 0.05) is 50.3 Å². The monoisotopic (exact) mass is 483 g/mol. The Kier molecular flexibility index (Phi) is 7.58. The number of hydrogen-bond acceptors (Lipinski definition) is 9. The van der Waals surface area contributed by atoms with Crippen molar-refractivity contribution in [2.45, 2.75) is 4.90 Å². The third kappa shape index (κ3) is 5.28. The highest BCUT2D eigenvalue weighted by molar-refractivity contribution is 7.89. The molecule has 1 aliphatic heterocycles. The third-order valence-corrected chi connectivity index (χ3v) is 7.14. The molecule has 1 fully saturated rings. The van der Waals surface area contributed by atoms with Gasteiger partial charge in [0.15, 0.2) is 11.5 Å². The molecule has 11 heteroatoms. The molecular weight excluding hydrogens is 458 g/mol. The Hall–Kier alpha value is -3.25. The van der Waals surface area contributed by atoms with Gasteiger partial charge in [-0.15, -0.1) is 0 Å². The van der Waals surface area contributed by atoms with E-state index in [1.807, 2.05) is 0 Å². The first-order valence-electron chi connectivity index (χ1n) is 10.7. The van der Waals surface area contributed by atoms with Gasteiger partial charge in [-0.1, -0.05) is 12.1 Å². The van der Waals surface area contributed by atoms with Crippen molar-refractivity contribution in [3.8, 4) is 11.3 Å². The van der Waals surface area contributed by atoms with Crippen LogP contribution in [-0.2, 0) is 19.5 Å². The van der Waals surface area contributed by atoms with Crippen LogP contribution in [0, 0.1) is 0 Å². The highest BCUT2D eigenvalue weighted by atomic mass is 32.2. The lowest BCUT2D eigenvalue weighted by Crippen LogP contribution is -2.40. The van der Waals surface area contributed by atoms with Crippen LogP contribution < -0.4 is 5.32 Å². The molecule has 4 rings (SSSR count). The van der Waals surface area contributed by atoms with Gasteiger partial charge in [-0.25, -0.2) is 18.4 Å². The van der Waals surface area contributed by atoms with E-state index in [1.165, 1.54) is 16.7 Å². The lowest BCUT2D eigenvalue weighted by atomic mass is 10.1. The fraction of sp³-hybridized carbons (Fsp3) is 0.304. The predicted molar refractivity (Wildman–Crippen MR) is 125 cm³/mol. The van der Waals surface area contributed by atoms with E-state index in [1.54, 1.807) is 49.7 Å². The number of ketones is 1. The minimum atomic E-state index is -3.68. The van der Waals surface area contributed by atoms with Gasteiger partial charge in [0.05, 0.1) is 36.6 Å². The summed E-state index contributed by atoms with van der Waals surface area (Å²) in [5.41, 5.74) is 1.39. The Balaban J connectivity index is 1.70. The second-order valence-electron chi connectivity index (χ2n) is 7.49. The molecule has 0 radical (unpaired) electrons. The van der Waals surface area contributed by atoms with Crippen molar-refractivity contribution in [1.29, 1.82) is 0 Å². The molecule has 10 nitrogen and oxygen atoms in total. The minimum Gasteiger partial charge on any atom is -0.383 e. The average molecular weight is 484 g/mol. The molecule has 1 saturated heterocycles. The molecule has 3 aromatic rings. The number of carbonyl (C=O) groups excluding carboxylic acids is 1. The van der Waals surface area contributed by atoms with Gasteiger partial charge in [-0.2, -0.15) is 4.31 Å². The first-order valence-corrected chi connectivity index (χ1v) is 12.2. The van der Waals surface area contributed by atoms with Gasteiger partial charge < -0.3 is 14.8 Å². The van der Waals surface area contributed by atoms with Gasteiger partial charge >= 0.3 is 0 Å². The molecule has 0 bridgehead atoms. The minimum absolute atomic E-state index is 0.114. The number of hydrogen-bond donors (Lipinski definition) is 1. The highest BCUT2D eigenvalue weighted by Crippen LogP contribution is 2.25. The summed E-state index contributed by atoms with van der Waals surface area (Å²) in [6, 6.07) is 9.80. The fourth-order valence-corrected chi connectivity index (χ4v) is 4.93. The fourth-order valence-electron chi connectivity index (χ4n) is 3.47. The summed E-state index contributed by atoms with van der Waals surface area (Å²) in [5.74, 6) is -0.0359. The van der Waals surface area contributed by atoms with Crippen LogP contribution in [0.25, 0.3) is 11.3 Å². The molecule has 2 aromatic heterocycles. The first kappa shape index (κ1) is 23.9. The molecule has 3 heterocycles. The van der Waals surface area contributed by atoms with E-state index in [4.69, 9.17) is 9.47 Å². The number of carbonyl (C=O) groups is 1. The molecule has 0 spiro atoms. The number of rotatable bonds is 9. The Bertz CT molecular complexity index is 1250. The van der Waals surface area contributed by atoms with E-state index in [-0.39, 0.29) is 16.4 Å². The van der Waals surface area contributed by atoms with E-state index in [0.717, 1.165) is 0 Å². The van der Waals surface area contributed by atoms with Crippen LogP contribution in [0.1, 0.15) is 16.1 Å². The number of benzene rings is 1. The lowest BCUT2D eigenvalue weighted by molar-refractivity contribution is 0.0730. The topological polar surface area (TPSA) is 124 Å². The number of nitrogens with one attached hydrogen (secondary N) is 1. The van der Waals surface area contributed by atoms with E-state index >= 15 is 0 Å². The molecular formula is C23H25N5O5S. The van der Waals surface area contributed by atoms with Crippen molar-refractivity contribution in [2.24, 2.45) is 0 Å². The molecule has 178 valence electrons. The molecule has 0 amide bonds. The molecule has 1 aliphatic rings. The number of methoxy groups -OCH3 is 1. The van der Waals surface area contributed by atoms with Gasteiger partial charge in [-0.05, 0) is 24.3 Å². The Morgan fingerprint density at radius 3 is 2.74 bits per heavy atom. The van der Waals surface area contributed by atoms with Crippen molar-refractivity contribution < 1.29 is 22.7 Å². The SMILES string of the molecule is COCCNc1ncc(-c2cccc(S(=O)(=O)N3CCOCC3)c2)nc1C(=O)c1cccnc1. The van der Waals surface area contributed by atoms with Crippen LogP contribution in [0.15, 0.2) is 59.9 Å². The maximum Gasteiger partial charge on any atom is 0.243 e. The van der Waals surface area contributed by atoms with Crippen molar-refractivity contribution in [1.82, 2.24) is 19.3 Å². The Morgan fingerprint density at radius 1 is 1.18 bits per heavy atom. The molecule has 34 heavy (non-hydrogen) atoms. The van der Waals surface area contributed by atoms with Gasteiger partial charge in [0.25, 0.3) is 0 Å². The molecule has 0 unspecified atom stereocenters. The van der Waals surface area contributed by atoms with Gasteiger partial charge in [0.1, 0.15) is 0 Å². The zero-order valence-corrected chi connectivity index (χ0v) is 19.5. The standard InChI is InChI=1S/C23H25N5O5S/c1-32-11-8-25-23-21(22(29)18-5-3-7-24-15-18)27-20(16-26-23)17-4-2-6-19(14-17)34(30,31)28-9-12-33-13-10-28/h2-7,14-16H,8-13H2,1H3,(H,25,26). The van der Waals surface area contributed by atoms with Crippen molar-refractivity contribution in [3.63, 3.8) is 0 Å². The number of ether oxygens (including phenoxy) is 2. The highest BCUT2D eigenvalue weighted by Gasteiger charge is 2.27. The van der Waals surface area contributed by atoms with Crippen molar-refractivity contribution in [3.05, 3.63) is 66.2 Å². The summed E-state index contributed by atoms with van der Waals surface area (Å²) in [4.78, 5) is 26.3. The average Bonchev–Trinajstić information content (AvgIpc) is 2.89. The van der Waals surface area contributed by atoms with Crippen LogP contribution in [0.3, 0.4) is 0 Å². The van der Waals surface area contributed by atoms with Gasteiger partial charge in [0.2, 0.25) is 15.8 Å². The Labute approximate surface area is 198 Å². The summed E-state index contributed by atoms with van der Waals surface area (Å²) < 4.78 is 37.9. The molecule has 0 saturated carbocycles. The summed E-state index contributed by atoms with van der Waals surface area (Å²) in [6.45, 7) is 2.19. The summed E-state index contributed by atoms with van der Waals surface area (Å²) in [6.07, 6.45) is 4.55.